The van der Waals surface area contributed by atoms with Crippen LogP contribution in [0, 0.1) is 35.5 Å². The van der Waals surface area contributed by atoms with E-state index < -0.39 is 0 Å². The quantitative estimate of drug-likeness (QED) is 0.552. The minimum Gasteiger partial charge on any atom is -0.0807 e. The van der Waals surface area contributed by atoms with Gasteiger partial charge in [0.2, 0.25) is 0 Å². The minimum atomic E-state index is 0.289. The lowest BCUT2D eigenvalue weighted by molar-refractivity contribution is -0.0256. The van der Waals surface area contributed by atoms with Crippen LogP contribution in [0.4, 0.5) is 0 Å². The van der Waals surface area contributed by atoms with Gasteiger partial charge in [0.05, 0.1) is 0 Å². The van der Waals surface area contributed by atoms with Gasteiger partial charge in [-0.2, -0.15) is 0 Å². The Kier molecular flexibility index (Phi) is 3.42. The highest BCUT2D eigenvalue weighted by molar-refractivity contribution is 5.35. The molecule has 1 fully saturated rings. The van der Waals surface area contributed by atoms with Crippen LogP contribution >= 0.6 is 0 Å². The van der Waals surface area contributed by atoms with Gasteiger partial charge in [-0.3, -0.25) is 0 Å². The molecule has 3 aliphatic carbocycles. The van der Waals surface area contributed by atoms with Gasteiger partial charge in [0.25, 0.3) is 0 Å². The molecule has 20 heavy (non-hydrogen) atoms. The van der Waals surface area contributed by atoms with Crippen LogP contribution in [0.2, 0.25) is 0 Å². The average Bonchev–Trinajstić information content (AvgIpc) is 2.37. The van der Waals surface area contributed by atoms with Crippen molar-refractivity contribution in [1.29, 1.82) is 0 Å². The van der Waals surface area contributed by atoms with Gasteiger partial charge in [0, 0.05) is 0 Å². The Morgan fingerprint density at radius 1 is 1.25 bits per heavy atom. The highest BCUT2D eigenvalue weighted by Gasteiger charge is 2.52. The summed E-state index contributed by atoms with van der Waals surface area (Å²) in [4.78, 5) is 0. The van der Waals surface area contributed by atoms with E-state index in [9.17, 15) is 0 Å². The van der Waals surface area contributed by atoms with Crippen LogP contribution < -0.4 is 0 Å². The Labute approximate surface area is 125 Å². The molecular weight excluding hydrogens is 240 g/mol. The van der Waals surface area contributed by atoms with Crippen molar-refractivity contribution in [2.75, 3.05) is 0 Å². The Morgan fingerprint density at radius 2 is 2.00 bits per heavy atom. The van der Waals surface area contributed by atoms with Crippen LogP contribution in [-0.4, -0.2) is 0 Å². The number of allylic oxidation sites excluding steroid dienone is 4. The molecule has 0 nitrogen and oxygen atoms in total. The molecule has 0 heterocycles. The first-order chi connectivity index (χ1) is 9.34. The van der Waals surface area contributed by atoms with E-state index in [2.05, 4.69) is 46.8 Å². The smallest absolute Gasteiger partial charge is 0.0105 e. The topological polar surface area (TPSA) is 0 Å². The van der Waals surface area contributed by atoms with E-state index in [1.807, 2.05) is 0 Å². The molecule has 0 N–H and O–H groups in total. The molecule has 1 unspecified atom stereocenters. The number of rotatable bonds is 1. The van der Waals surface area contributed by atoms with E-state index in [4.69, 9.17) is 0 Å². The van der Waals surface area contributed by atoms with Crippen LogP contribution in [-0.2, 0) is 0 Å². The summed E-state index contributed by atoms with van der Waals surface area (Å²) < 4.78 is 0. The molecule has 3 rings (SSSR count). The molecule has 0 bridgehead atoms. The second-order valence-corrected chi connectivity index (χ2v) is 8.47. The van der Waals surface area contributed by atoms with E-state index in [0.29, 0.717) is 11.3 Å². The maximum Gasteiger partial charge on any atom is -0.0105 e. The number of hydrogen-bond donors (Lipinski definition) is 0. The molecule has 3 aliphatic rings. The van der Waals surface area contributed by atoms with Crippen LogP contribution in [0.1, 0.15) is 66.2 Å². The summed E-state index contributed by atoms with van der Waals surface area (Å²) in [6, 6.07) is 0. The molecule has 0 amide bonds. The summed E-state index contributed by atoms with van der Waals surface area (Å²) in [5, 5.41) is 0. The van der Waals surface area contributed by atoms with Crippen LogP contribution in [0.5, 0.6) is 0 Å². The molecule has 0 aromatic carbocycles. The Bertz CT molecular complexity index is 449. The lowest BCUT2D eigenvalue weighted by atomic mass is 9.47. The van der Waals surface area contributed by atoms with Gasteiger partial charge in [-0.05, 0) is 73.2 Å². The number of fused-ring (bicyclic) bond motifs is 3. The normalized spacial score (nSPS) is 39.7. The van der Waals surface area contributed by atoms with Gasteiger partial charge in [-0.1, -0.05) is 51.8 Å². The lowest BCUT2D eigenvalue weighted by Crippen LogP contribution is -2.49. The third-order valence-corrected chi connectivity index (χ3v) is 6.70. The van der Waals surface area contributed by atoms with Gasteiger partial charge in [0.1, 0.15) is 0 Å². The predicted molar refractivity (Wildman–Crippen MR) is 87.3 cm³/mol. The van der Waals surface area contributed by atoms with Crippen LogP contribution in [0.15, 0.2) is 23.3 Å². The summed E-state index contributed by atoms with van der Waals surface area (Å²) in [7, 11) is 0. The van der Waals surface area contributed by atoms with Gasteiger partial charge < -0.3 is 0 Å². The first kappa shape index (κ1) is 14.4. The molecule has 1 radical (unpaired) electrons. The highest BCUT2D eigenvalue weighted by atomic mass is 14.6. The third-order valence-electron chi connectivity index (χ3n) is 6.70. The first-order valence-electron chi connectivity index (χ1n) is 8.60. The molecule has 0 saturated heterocycles. The maximum absolute atomic E-state index is 4.60. The van der Waals surface area contributed by atoms with Crippen molar-refractivity contribution < 1.29 is 0 Å². The lowest BCUT2D eigenvalue weighted by Gasteiger charge is -2.57. The Morgan fingerprint density at radius 3 is 2.70 bits per heavy atom. The molecule has 0 spiro atoms. The van der Waals surface area contributed by atoms with Crippen LogP contribution in [0.3, 0.4) is 0 Å². The molecular formula is C20H31. The SMILES string of the molecule is [CH2][C@@]1(C)CCC[C@@]2(C)C1CC=C1C=C(C(C)C)CC[C@H]12. The summed E-state index contributed by atoms with van der Waals surface area (Å²) in [5.41, 5.74) is 4.12. The molecule has 4 atom stereocenters. The molecule has 111 valence electrons. The monoisotopic (exact) mass is 271 g/mol. The summed E-state index contributed by atoms with van der Waals surface area (Å²) >= 11 is 0. The second-order valence-electron chi connectivity index (χ2n) is 8.47. The van der Waals surface area contributed by atoms with Crippen molar-refractivity contribution in [3.05, 3.63) is 30.2 Å². The Hall–Kier alpha value is -0.520. The van der Waals surface area contributed by atoms with Crippen molar-refractivity contribution in [1.82, 2.24) is 0 Å². The van der Waals surface area contributed by atoms with E-state index in [0.717, 1.165) is 11.8 Å². The van der Waals surface area contributed by atoms with E-state index in [1.54, 1.807) is 11.1 Å². The molecule has 0 heteroatoms. The van der Waals surface area contributed by atoms with Crippen molar-refractivity contribution >= 4 is 0 Å². The van der Waals surface area contributed by atoms with E-state index in [1.165, 1.54) is 38.5 Å². The van der Waals surface area contributed by atoms with E-state index in [-0.39, 0.29) is 5.41 Å². The number of hydrogen-bond acceptors (Lipinski definition) is 0. The molecule has 0 aromatic heterocycles. The largest absolute Gasteiger partial charge is 0.0807 e. The predicted octanol–water partition coefficient (Wildman–Crippen LogP) is 5.96. The maximum atomic E-state index is 4.60. The van der Waals surface area contributed by atoms with Crippen molar-refractivity contribution in [3.8, 4) is 0 Å². The van der Waals surface area contributed by atoms with Gasteiger partial charge in [-0.25, -0.2) is 0 Å². The van der Waals surface area contributed by atoms with Gasteiger partial charge in [-0.15, -0.1) is 0 Å². The summed E-state index contributed by atoms with van der Waals surface area (Å²) in [6.07, 6.45) is 13.2. The van der Waals surface area contributed by atoms with Crippen molar-refractivity contribution in [2.24, 2.45) is 28.6 Å². The molecule has 0 aromatic rings. The zero-order chi connectivity index (χ0) is 14.5. The second kappa shape index (κ2) is 4.75. The van der Waals surface area contributed by atoms with Gasteiger partial charge >= 0.3 is 0 Å². The standard InChI is InChI=1S/C20H31/c1-14(2)15-7-9-17-16(13-15)8-10-18-19(3,4)11-6-12-20(17,18)5/h8,13-14,17-18H,3,6-7,9-12H2,1-2,4-5H3/t17-,18?,19-,20-/m1/s1. The fraction of sp³-hybridized carbons (Fsp3) is 0.750. The minimum absolute atomic E-state index is 0.289. The van der Waals surface area contributed by atoms with Crippen molar-refractivity contribution in [3.63, 3.8) is 0 Å². The van der Waals surface area contributed by atoms with E-state index >= 15 is 0 Å². The Balaban J connectivity index is 1.97. The zero-order valence-electron chi connectivity index (χ0n) is 13.8. The molecule has 0 aliphatic heterocycles. The van der Waals surface area contributed by atoms with Crippen LogP contribution in [0.25, 0.3) is 0 Å². The van der Waals surface area contributed by atoms with Gasteiger partial charge in [0.15, 0.2) is 0 Å². The highest BCUT2D eigenvalue weighted by Crippen LogP contribution is 2.61. The summed E-state index contributed by atoms with van der Waals surface area (Å²) in [6.45, 7) is 14.3. The fourth-order valence-corrected chi connectivity index (χ4v) is 5.47. The average molecular weight is 271 g/mol. The summed E-state index contributed by atoms with van der Waals surface area (Å²) in [5.74, 6) is 2.29. The fourth-order valence-electron chi connectivity index (χ4n) is 5.47. The third kappa shape index (κ3) is 2.11. The zero-order valence-corrected chi connectivity index (χ0v) is 13.8. The van der Waals surface area contributed by atoms with Crippen molar-refractivity contribution in [2.45, 2.75) is 66.2 Å². The molecule has 1 saturated carbocycles. The first-order valence-corrected chi connectivity index (χ1v) is 8.60.